The molecule has 20 heavy (non-hydrogen) atoms. The lowest BCUT2D eigenvalue weighted by molar-refractivity contribution is 0.591. The van der Waals surface area contributed by atoms with E-state index in [0.29, 0.717) is 0 Å². The Hall–Kier alpha value is -1.68. The van der Waals surface area contributed by atoms with Crippen LogP contribution in [0.5, 0.6) is 0 Å². The summed E-state index contributed by atoms with van der Waals surface area (Å²) in [5.74, 6) is 0. The zero-order chi connectivity index (χ0) is 13.9. The Morgan fingerprint density at radius 1 is 1.25 bits per heavy atom. The van der Waals surface area contributed by atoms with Crippen molar-refractivity contribution in [1.29, 1.82) is 0 Å². The standard InChI is InChI=1S/C16H22N4/c1-12-16(11-18-15-3-4-15)13(2)20(19-12)10-7-14-5-8-17-9-6-14/h5-6,8-9,15,18H,3-4,7,10-11H2,1-2H3. The van der Waals surface area contributed by atoms with Gasteiger partial charge in [0.1, 0.15) is 0 Å². The lowest BCUT2D eigenvalue weighted by Gasteiger charge is -2.06. The first-order chi connectivity index (χ1) is 9.74. The molecule has 4 heteroatoms. The summed E-state index contributed by atoms with van der Waals surface area (Å²) in [6, 6.07) is 4.89. The molecule has 0 unspecified atom stereocenters. The number of nitrogens with one attached hydrogen (secondary N) is 1. The average molecular weight is 270 g/mol. The number of hydrogen-bond acceptors (Lipinski definition) is 3. The SMILES string of the molecule is Cc1nn(CCc2ccncc2)c(C)c1CNC1CC1. The second kappa shape index (κ2) is 5.75. The molecule has 0 amide bonds. The monoisotopic (exact) mass is 270 g/mol. The highest BCUT2D eigenvalue weighted by Crippen LogP contribution is 2.21. The third-order valence-electron chi connectivity index (χ3n) is 4.04. The van der Waals surface area contributed by atoms with E-state index >= 15 is 0 Å². The molecule has 1 saturated carbocycles. The third-order valence-corrected chi connectivity index (χ3v) is 4.04. The van der Waals surface area contributed by atoms with Crippen molar-refractivity contribution in [2.24, 2.45) is 0 Å². The van der Waals surface area contributed by atoms with E-state index in [1.165, 1.54) is 29.7 Å². The van der Waals surface area contributed by atoms with Crippen molar-refractivity contribution in [1.82, 2.24) is 20.1 Å². The summed E-state index contributed by atoms with van der Waals surface area (Å²) in [6.45, 7) is 6.17. The summed E-state index contributed by atoms with van der Waals surface area (Å²) in [7, 11) is 0. The second-order valence-electron chi connectivity index (χ2n) is 5.63. The van der Waals surface area contributed by atoms with Crippen LogP contribution < -0.4 is 5.32 Å². The maximum absolute atomic E-state index is 4.68. The number of pyridine rings is 1. The molecule has 4 nitrogen and oxygen atoms in total. The summed E-state index contributed by atoms with van der Waals surface area (Å²) >= 11 is 0. The second-order valence-corrected chi connectivity index (χ2v) is 5.63. The molecule has 1 aliphatic rings. The Morgan fingerprint density at radius 3 is 2.70 bits per heavy atom. The van der Waals surface area contributed by atoms with Gasteiger partial charge < -0.3 is 5.32 Å². The van der Waals surface area contributed by atoms with Gasteiger partial charge in [-0.2, -0.15) is 5.10 Å². The Kier molecular flexibility index (Phi) is 3.83. The molecule has 106 valence electrons. The maximum atomic E-state index is 4.68. The van der Waals surface area contributed by atoms with E-state index in [4.69, 9.17) is 0 Å². The molecular weight excluding hydrogens is 248 g/mol. The van der Waals surface area contributed by atoms with Crippen molar-refractivity contribution in [3.05, 3.63) is 47.0 Å². The van der Waals surface area contributed by atoms with E-state index in [1.54, 1.807) is 0 Å². The van der Waals surface area contributed by atoms with Gasteiger partial charge in [-0.25, -0.2) is 0 Å². The van der Waals surface area contributed by atoms with Crippen LogP contribution in [-0.2, 0) is 19.5 Å². The summed E-state index contributed by atoms with van der Waals surface area (Å²) < 4.78 is 2.14. The van der Waals surface area contributed by atoms with Crippen LogP contribution in [0.25, 0.3) is 0 Å². The van der Waals surface area contributed by atoms with Gasteiger partial charge in [-0.15, -0.1) is 0 Å². The first-order valence-electron chi connectivity index (χ1n) is 7.39. The summed E-state index contributed by atoms with van der Waals surface area (Å²) in [6.07, 6.45) is 7.35. The Morgan fingerprint density at radius 2 is 2.00 bits per heavy atom. The number of aryl methyl sites for hydroxylation is 3. The molecule has 1 fully saturated rings. The van der Waals surface area contributed by atoms with Gasteiger partial charge in [-0.05, 0) is 50.8 Å². The highest BCUT2D eigenvalue weighted by atomic mass is 15.3. The quantitative estimate of drug-likeness (QED) is 0.876. The highest BCUT2D eigenvalue weighted by Gasteiger charge is 2.21. The van der Waals surface area contributed by atoms with Crippen LogP contribution in [0, 0.1) is 13.8 Å². The van der Waals surface area contributed by atoms with Crippen LogP contribution in [0.1, 0.15) is 35.4 Å². The van der Waals surface area contributed by atoms with Crippen LogP contribution in [0.15, 0.2) is 24.5 Å². The molecular formula is C16H22N4. The minimum absolute atomic E-state index is 0.744. The maximum Gasteiger partial charge on any atom is 0.0641 e. The number of aromatic nitrogens is 3. The molecule has 1 N–H and O–H groups in total. The average Bonchev–Trinajstić information content (AvgIpc) is 3.24. The predicted octanol–water partition coefficient (Wildman–Crippen LogP) is 2.39. The lowest BCUT2D eigenvalue weighted by atomic mass is 10.2. The van der Waals surface area contributed by atoms with E-state index in [9.17, 15) is 0 Å². The fourth-order valence-electron chi connectivity index (χ4n) is 2.53. The molecule has 0 aliphatic heterocycles. The lowest BCUT2D eigenvalue weighted by Crippen LogP contribution is -2.16. The van der Waals surface area contributed by atoms with Crippen molar-refractivity contribution in [3.63, 3.8) is 0 Å². The first kappa shape index (κ1) is 13.3. The minimum Gasteiger partial charge on any atom is -0.310 e. The van der Waals surface area contributed by atoms with Crippen LogP contribution in [0.2, 0.25) is 0 Å². The Bertz CT molecular complexity index is 570. The number of nitrogens with zero attached hydrogens (tertiary/aromatic N) is 3. The Labute approximate surface area is 120 Å². The van der Waals surface area contributed by atoms with E-state index in [1.807, 2.05) is 12.4 Å². The molecule has 1 aliphatic carbocycles. The van der Waals surface area contributed by atoms with E-state index < -0.39 is 0 Å². The topological polar surface area (TPSA) is 42.7 Å². The molecule has 3 rings (SSSR count). The fourth-order valence-corrected chi connectivity index (χ4v) is 2.53. The number of rotatable bonds is 6. The highest BCUT2D eigenvalue weighted by molar-refractivity contribution is 5.24. The van der Waals surface area contributed by atoms with Crippen molar-refractivity contribution < 1.29 is 0 Å². The van der Waals surface area contributed by atoms with Gasteiger partial charge in [0.2, 0.25) is 0 Å². The van der Waals surface area contributed by atoms with Crippen molar-refractivity contribution >= 4 is 0 Å². The minimum atomic E-state index is 0.744. The molecule has 2 heterocycles. The smallest absolute Gasteiger partial charge is 0.0641 e. The normalized spacial score (nSPS) is 14.7. The van der Waals surface area contributed by atoms with E-state index in [-0.39, 0.29) is 0 Å². The fraction of sp³-hybridized carbons (Fsp3) is 0.500. The zero-order valence-electron chi connectivity index (χ0n) is 12.3. The molecule has 2 aromatic heterocycles. The van der Waals surface area contributed by atoms with Gasteiger partial charge in [-0.3, -0.25) is 9.67 Å². The van der Waals surface area contributed by atoms with Crippen molar-refractivity contribution in [2.75, 3.05) is 0 Å². The molecule has 0 bridgehead atoms. The molecule has 0 atom stereocenters. The first-order valence-corrected chi connectivity index (χ1v) is 7.39. The summed E-state index contributed by atoms with van der Waals surface area (Å²) in [5, 5.41) is 8.26. The van der Waals surface area contributed by atoms with Gasteiger partial charge in [0.15, 0.2) is 0 Å². The summed E-state index contributed by atoms with van der Waals surface area (Å²) in [5.41, 5.74) is 5.13. The predicted molar refractivity (Wildman–Crippen MR) is 79.5 cm³/mol. The molecule has 0 radical (unpaired) electrons. The molecule has 0 spiro atoms. The molecule has 2 aromatic rings. The van der Waals surface area contributed by atoms with Gasteiger partial charge in [0, 0.05) is 42.8 Å². The Balaban J connectivity index is 1.65. The van der Waals surface area contributed by atoms with Crippen LogP contribution in [0.3, 0.4) is 0 Å². The van der Waals surface area contributed by atoms with Gasteiger partial charge >= 0.3 is 0 Å². The van der Waals surface area contributed by atoms with Crippen LogP contribution >= 0.6 is 0 Å². The van der Waals surface area contributed by atoms with Gasteiger partial charge in [-0.1, -0.05) is 0 Å². The molecule has 0 saturated heterocycles. The van der Waals surface area contributed by atoms with Crippen LogP contribution in [-0.4, -0.2) is 20.8 Å². The van der Waals surface area contributed by atoms with Gasteiger partial charge in [0.05, 0.1) is 5.69 Å². The van der Waals surface area contributed by atoms with E-state index in [0.717, 1.165) is 31.2 Å². The molecule has 0 aromatic carbocycles. The number of hydrogen-bond donors (Lipinski definition) is 1. The van der Waals surface area contributed by atoms with Gasteiger partial charge in [0.25, 0.3) is 0 Å². The van der Waals surface area contributed by atoms with Crippen LogP contribution in [0.4, 0.5) is 0 Å². The summed E-state index contributed by atoms with van der Waals surface area (Å²) in [4.78, 5) is 4.05. The van der Waals surface area contributed by atoms with E-state index in [2.05, 4.69) is 46.1 Å². The van der Waals surface area contributed by atoms with Crippen molar-refractivity contribution in [3.8, 4) is 0 Å². The third kappa shape index (κ3) is 3.07. The zero-order valence-corrected chi connectivity index (χ0v) is 12.3. The van der Waals surface area contributed by atoms with Crippen molar-refractivity contribution in [2.45, 2.75) is 52.2 Å². The largest absolute Gasteiger partial charge is 0.310 e.